The molecule has 7 heteroatoms. The van der Waals surface area contributed by atoms with Gasteiger partial charge in [0, 0.05) is 0 Å². The number of fused-ring (bicyclic) bond motifs is 1. The summed E-state index contributed by atoms with van der Waals surface area (Å²) in [5.41, 5.74) is 1.09. The SMILES string of the molecule is CS(=O)(=O)N[C@H]1CO[C@H]2[C@@H]1OC[C@H]2OCc1ccccc1. The summed E-state index contributed by atoms with van der Waals surface area (Å²) in [6.45, 7) is 1.23. The lowest BCUT2D eigenvalue weighted by molar-refractivity contribution is -0.0391. The molecule has 6 nitrogen and oxygen atoms in total. The van der Waals surface area contributed by atoms with Crippen molar-refractivity contribution in [1.29, 1.82) is 0 Å². The quantitative estimate of drug-likeness (QED) is 0.845. The zero-order valence-electron chi connectivity index (χ0n) is 11.8. The minimum absolute atomic E-state index is 0.165. The van der Waals surface area contributed by atoms with Gasteiger partial charge in [-0.2, -0.15) is 0 Å². The Morgan fingerprint density at radius 3 is 2.62 bits per heavy atom. The highest BCUT2D eigenvalue weighted by Gasteiger charge is 2.49. The van der Waals surface area contributed by atoms with Crippen molar-refractivity contribution in [3.8, 4) is 0 Å². The van der Waals surface area contributed by atoms with Crippen LogP contribution in [0.3, 0.4) is 0 Å². The van der Waals surface area contributed by atoms with Crippen molar-refractivity contribution in [2.75, 3.05) is 19.5 Å². The minimum Gasteiger partial charge on any atom is -0.371 e. The Labute approximate surface area is 124 Å². The number of benzene rings is 1. The smallest absolute Gasteiger partial charge is 0.209 e. The molecular weight excluding hydrogens is 294 g/mol. The third kappa shape index (κ3) is 3.61. The maximum atomic E-state index is 11.3. The van der Waals surface area contributed by atoms with Gasteiger partial charge in [-0.3, -0.25) is 0 Å². The second kappa shape index (κ2) is 6.02. The normalized spacial score (nSPS) is 32.2. The first kappa shape index (κ1) is 14.9. The molecule has 1 aromatic carbocycles. The number of rotatable bonds is 5. The van der Waals surface area contributed by atoms with E-state index in [0.717, 1.165) is 11.8 Å². The molecule has 0 saturated carbocycles. The van der Waals surface area contributed by atoms with Crippen molar-refractivity contribution < 1.29 is 22.6 Å². The van der Waals surface area contributed by atoms with E-state index in [2.05, 4.69) is 4.72 Å². The van der Waals surface area contributed by atoms with Crippen molar-refractivity contribution in [3.05, 3.63) is 35.9 Å². The fourth-order valence-corrected chi connectivity index (χ4v) is 3.51. The molecule has 0 bridgehead atoms. The fraction of sp³-hybridized carbons (Fsp3) is 0.571. The molecule has 0 aromatic heterocycles. The zero-order chi connectivity index (χ0) is 14.9. The molecule has 2 saturated heterocycles. The Morgan fingerprint density at radius 1 is 1.19 bits per heavy atom. The molecule has 0 radical (unpaired) electrons. The average Bonchev–Trinajstić information content (AvgIpc) is 3.00. The summed E-state index contributed by atoms with van der Waals surface area (Å²) in [4.78, 5) is 0. The van der Waals surface area contributed by atoms with Gasteiger partial charge in [-0.1, -0.05) is 30.3 Å². The maximum Gasteiger partial charge on any atom is 0.209 e. The van der Waals surface area contributed by atoms with Crippen molar-refractivity contribution in [2.45, 2.75) is 31.0 Å². The van der Waals surface area contributed by atoms with Crippen LogP contribution in [0.2, 0.25) is 0 Å². The highest BCUT2D eigenvalue weighted by molar-refractivity contribution is 7.88. The van der Waals surface area contributed by atoms with Crippen LogP contribution < -0.4 is 4.72 Å². The maximum absolute atomic E-state index is 11.3. The third-order valence-electron chi connectivity index (χ3n) is 3.68. The monoisotopic (exact) mass is 313 g/mol. The van der Waals surface area contributed by atoms with Gasteiger partial charge in [-0.05, 0) is 5.56 Å². The van der Waals surface area contributed by atoms with Crippen LogP contribution in [0.1, 0.15) is 5.56 Å². The van der Waals surface area contributed by atoms with Crippen LogP contribution in [-0.4, -0.2) is 52.2 Å². The second-order valence-corrected chi connectivity index (χ2v) is 7.21. The molecule has 116 valence electrons. The lowest BCUT2D eigenvalue weighted by Crippen LogP contribution is -2.43. The summed E-state index contributed by atoms with van der Waals surface area (Å²) in [5.74, 6) is 0. The van der Waals surface area contributed by atoms with Crippen molar-refractivity contribution in [2.24, 2.45) is 0 Å². The lowest BCUT2D eigenvalue weighted by atomic mass is 10.1. The predicted octanol–water partition coefficient (Wildman–Crippen LogP) is 0.287. The fourth-order valence-electron chi connectivity index (χ4n) is 2.76. The van der Waals surface area contributed by atoms with Gasteiger partial charge in [0.05, 0.1) is 32.1 Å². The Morgan fingerprint density at radius 2 is 1.90 bits per heavy atom. The number of nitrogens with one attached hydrogen (secondary N) is 1. The van der Waals surface area contributed by atoms with Crippen LogP contribution in [0.5, 0.6) is 0 Å². The van der Waals surface area contributed by atoms with Crippen LogP contribution in [0, 0.1) is 0 Å². The van der Waals surface area contributed by atoms with E-state index in [1.807, 2.05) is 30.3 Å². The van der Waals surface area contributed by atoms with E-state index in [1.54, 1.807) is 0 Å². The van der Waals surface area contributed by atoms with Crippen LogP contribution in [0.4, 0.5) is 0 Å². The lowest BCUT2D eigenvalue weighted by Gasteiger charge is -2.17. The first-order chi connectivity index (χ1) is 10.0. The van der Waals surface area contributed by atoms with Crippen molar-refractivity contribution in [1.82, 2.24) is 4.72 Å². The van der Waals surface area contributed by atoms with Crippen LogP contribution in [-0.2, 0) is 30.8 Å². The molecule has 0 amide bonds. The molecule has 4 atom stereocenters. The van der Waals surface area contributed by atoms with Crippen LogP contribution in [0.15, 0.2) is 30.3 Å². The molecule has 1 aromatic rings. The van der Waals surface area contributed by atoms with E-state index >= 15 is 0 Å². The summed E-state index contributed by atoms with van der Waals surface area (Å²) in [7, 11) is -3.27. The Bertz CT molecular complexity index is 576. The largest absolute Gasteiger partial charge is 0.371 e. The Kier molecular flexibility index (Phi) is 4.28. The van der Waals surface area contributed by atoms with Gasteiger partial charge in [0.2, 0.25) is 10.0 Å². The van der Waals surface area contributed by atoms with E-state index in [0.29, 0.717) is 19.8 Å². The molecule has 2 aliphatic heterocycles. The molecule has 3 rings (SSSR count). The standard InChI is InChI=1S/C14H19NO5S/c1-21(16,17)15-11-8-19-14-12(9-20-13(11)14)18-7-10-5-3-2-4-6-10/h2-6,11-15H,7-9H2,1H3/t11-,12+,13+,14+/m0/s1. The van der Waals surface area contributed by atoms with Crippen molar-refractivity contribution >= 4 is 10.0 Å². The molecule has 0 aliphatic carbocycles. The van der Waals surface area contributed by atoms with Gasteiger partial charge in [-0.25, -0.2) is 13.1 Å². The average molecular weight is 313 g/mol. The van der Waals surface area contributed by atoms with Gasteiger partial charge in [-0.15, -0.1) is 0 Å². The summed E-state index contributed by atoms with van der Waals surface area (Å²) in [6, 6.07) is 9.54. The Balaban J connectivity index is 1.56. The van der Waals surface area contributed by atoms with E-state index in [9.17, 15) is 8.42 Å². The Hall–Kier alpha value is -0.990. The summed E-state index contributed by atoms with van der Waals surface area (Å²) in [6.07, 6.45) is 0.480. The van der Waals surface area contributed by atoms with E-state index < -0.39 is 10.0 Å². The van der Waals surface area contributed by atoms with Gasteiger partial charge in [0.1, 0.15) is 18.3 Å². The molecule has 21 heavy (non-hydrogen) atoms. The molecule has 0 unspecified atom stereocenters. The summed E-state index contributed by atoms with van der Waals surface area (Å²) in [5, 5.41) is 0. The summed E-state index contributed by atoms with van der Waals surface area (Å²) < 4.78 is 42.4. The first-order valence-corrected chi connectivity index (χ1v) is 8.78. The number of sulfonamides is 1. The van der Waals surface area contributed by atoms with Crippen LogP contribution in [0.25, 0.3) is 0 Å². The number of ether oxygens (including phenoxy) is 3. The number of hydrogen-bond acceptors (Lipinski definition) is 5. The van der Waals surface area contributed by atoms with Crippen molar-refractivity contribution in [3.63, 3.8) is 0 Å². The minimum atomic E-state index is -3.27. The highest BCUT2D eigenvalue weighted by Crippen LogP contribution is 2.29. The van der Waals surface area contributed by atoms with Gasteiger partial charge < -0.3 is 14.2 Å². The van der Waals surface area contributed by atoms with Gasteiger partial charge in [0.25, 0.3) is 0 Å². The van der Waals surface area contributed by atoms with E-state index in [1.165, 1.54) is 0 Å². The van der Waals surface area contributed by atoms with Gasteiger partial charge in [0.15, 0.2) is 0 Å². The molecule has 2 fully saturated rings. The predicted molar refractivity (Wildman–Crippen MR) is 76.3 cm³/mol. The third-order valence-corrected chi connectivity index (χ3v) is 4.41. The first-order valence-electron chi connectivity index (χ1n) is 6.89. The molecule has 2 aliphatic rings. The second-order valence-electron chi connectivity index (χ2n) is 5.43. The van der Waals surface area contributed by atoms with E-state index in [-0.39, 0.29) is 24.4 Å². The number of hydrogen-bond donors (Lipinski definition) is 1. The highest BCUT2D eigenvalue weighted by atomic mass is 32.2. The molecular formula is C14H19NO5S. The molecule has 2 heterocycles. The molecule has 0 spiro atoms. The summed E-state index contributed by atoms with van der Waals surface area (Å²) >= 11 is 0. The topological polar surface area (TPSA) is 73.9 Å². The van der Waals surface area contributed by atoms with Gasteiger partial charge >= 0.3 is 0 Å². The zero-order valence-corrected chi connectivity index (χ0v) is 12.6. The van der Waals surface area contributed by atoms with E-state index in [4.69, 9.17) is 14.2 Å². The van der Waals surface area contributed by atoms with Crippen LogP contribution >= 0.6 is 0 Å². The molecule has 1 N–H and O–H groups in total.